The van der Waals surface area contributed by atoms with Crippen LogP contribution in [0.15, 0.2) is 48.5 Å². The van der Waals surface area contributed by atoms with Gasteiger partial charge in [0.1, 0.15) is 5.82 Å². The third-order valence-corrected chi connectivity index (χ3v) is 4.12. The number of H-pyrrole nitrogens is 1. The molecule has 0 amide bonds. The minimum atomic E-state index is -0.218. The van der Waals surface area contributed by atoms with Crippen molar-refractivity contribution in [3.05, 3.63) is 97.3 Å². The van der Waals surface area contributed by atoms with Gasteiger partial charge in [-0.3, -0.25) is 0 Å². The zero-order chi connectivity index (χ0) is 16.4. The molecule has 1 saturated carbocycles. The fourth-order valence-corrected chi connectivity index (χ4v) is 2.90. The van der Waals surface area contributed by atoms with Crippen molar-refractivity contribution in [3.63, 3.8) is 0 Å². The van der Waals surface area contributed by atoms with E-state index in [-0.39, 0.29) is 5.82 Å². The second kappa shape index (κ2) is 6.60. The number of hydrogen-bond donors (Lipinski definition) is 1. The van der Waals surface area contributed by atoms with Gasteiger partial charge < -0.3 is 0 Å². The first-order valence-corrected chi connectivity index (χ1v) is 7.94. The van der Waals surface area contributed by atoms with Gasteiger partial charge in [-0.25, -0.2) is 13.9 Å². The lowest BCUT2D eigenvalue weighted by Crippen LogP contribution is -2.38. The normalized spacial score (nSPS) is 15.7. The van der Waals surface area contributed by atoms with Crippen molar-refractivity contribution in [2.45, 2.75) is 6.54 Å². The standard InChI is InChI=1S/C21H16FN2/c22-18-12-9-16(10-13-18)11-14-21-23-19-7-3-4-8-20(19)24(21)15-17-5-1-2-6-17/h1-14H,15H2/p+1/b14-11+. The minimum absolute atomic E-state index is 0.218. The number of aromatic nitrogens is 2. The van der Waals surface area contributed by atoms with Gasteiger partial charge in [-0.05, 0) is 61.6 Å². The lowest BCUT2D eigenvalue weighted by atomic mass is 10.1. The Kier molecular flexibility index (Phi) is 4.16. The third kappa shape index (κ3) is 3.12. The Hall–Kier alpha value is -2.42. The number of imidazole rings is 1. The van der Waals surface area contributed by atoms with Crippen molar-refractivity contribution in [3.8, 4) is 0 Å². The highest BCUT2D eigenvalue weighted by atomic mass is 19.1. The van der Waals surface area contributed by atoms with E-state index in [1.54, 1.807) is 12.1 Å². The molecule has 1 aliphatic rings. The summed E-state index contributed by atoms with van der Waals surface area (Å²) in [4.78, 5) is 3.46. The number of benzene rings is 2. The van der Waals surface area contributed by atoms with E-state index in [1.807, 2.05) is 24.3 Å². The SMILES string of the molecule is Fc1ccc(/C=C/c2[nH]c3ccccc3[n+]2C[C]2[CH][CH][CH][CH]2)cc1. The van der Waals surface area contributed by atoms with Gasteiger partial charge in [-0.1, -0.05) is 24.3 Å². The summed E-state index contributed by atoms with van der Waals surface area (Å²) in [5, 5.41) is 0. The van der Waals surface area contributed by atoms with Gasteiger partial charge in [0.2, 0.25) is 0 Å². The molecule has 1 fully saturated rings. The Morgan fingerprint density at radius 1 is 0.917 bits per heavy atom. The van der Waals surface area contributed by atoms with Crippen molar-refractivity contribution in [1.82, 2.24) is 4.98 Å². The van der Waals surface area contributed by atoms with Crippen LogP contribution in [0.25, 0.3) is 23.2 Å². The van der Waals surface area contributed by atoms with Crippen LogP contribution >= 0.6 is 0 Å². The highest BCUT2D eigenvalue weighted by Gasteiger charge is 2.24. The molecule has 3 aromatic rings. The van der Waals surface area contributed by atoms with Crippen molar-refractivity contribution in [2.75, 3.05) is 0 Å². The van der Waals surface area contributed by atoms with Crippen molar-refractivity contribution in [1.29, 1.82) is 0 Å². The Bertz CT molecular complexity index is 855. The van der Waals surface area contributed by atoms with Crippen LogP contribution in [0.1, 0.15) is 11.4 Å². The summed E-state index contributed by atoms with van der Waals surface area (Å²) < 4.78 is 15.3. The molecule has 24 heavy (non-hydrogen) atoms. The number of rotatable bonds is 4. The van der Waals surface area contributed by atoms with E-state index in [4.69, 9.17) is 0 Å². The van der Waals surface area contributed by atoms with Gasteiger partial charge in [0.05, 0.1) is 6.54 Å². The Morgan fingerprint density at radius 3 is 2.46 bits per heavy atom. The van der Waals surface area contributed by atoms with Gasteiger partial charge in [0.15, 0.2) is 11.0 Å². The number of nitrogens with zero attached hydrogens (tertiary/aromatic N) is 1. The minimum Gasteiger partial charge on any atom is -0.237 e. The zero-order valence-corrected chi connectivity index (χ0v) is 13.1. The first-order chi connectivity index (χ1) is 11.8. The molecule has 4 rings (SSSR count). The summed E-state index contributed by atoms with van der Waals surface area (Å²) in [6.07, 6.45) is 12.4. The number of fused-ring (bicyclic) bond motifs is 1. The van der Waals surface area contributed by atoms with Gasteiger partial charge in [0, 0.05) is 12.0 Å². The zero-order valence-electron chi connectivity index (χ0n) is 13.1. The largest absolute Gasteiger partial charge is 0.280 e. The van der Waals surface area contributed by atoms with Crippen LogP contribution in [-0.4, -0.2) is 4.98 Å². The monoisotopic (exact) mass is 316 g/mol. The van der Waals surface area contributed by atoms with Crippen LogP contribution in [0.5, 0.6) is 0 Å². The molecule has 0 saturated heterocycles. The van der Waals surface area contributed by atoms with Gasteiger partial charge >= 0.3 is 0 Å². The molecular weight excluding hydrogens is 299 g/mol. The number of hydrogen-bond acceptors (Lipinski definition) is 0. The maximum atomic E-state index is 13.0. The first-order valence-electron chi connectivity index (χ1n) is 7.94. The second-order valence-corrected chi connectivity index (χ2v) is 5.79. The van der Waals surface area contributed by atoms with E-state index in [2.05, 4.69) is 47.4 Å². The van der Waals surface area contributed by atoms with E-state index in [0.29, 0.717) is 0 Å². The Balaban J connectivity index is 1.69. The molecular formula is C21H17FN2+. The molecule has 117 valence electrons. The number of halogens is 1. The predicted molar refractivity (Wildman–Crippen MR) is 94.3 cm³/mol. The van der Waals surface area contributed by atoms with Gasteiger partial charge in [-0.15, -0.1) is 0 Å². The van der Waals surface area contributed by atoms with E-state index >= 15 is 0 Å². The molecule has 1 aliphatic carbocycles. The molecule has 1 heterocycles. The predicted octanol–water partition coefficient (Wildman–Crippen LogP) is 4.17. The molecule has 2 aromatic carbocycles. The van der Waals surface area contributed by atoms with Crippen LogP contribution in [0.3, 0.4) is 0 Å². The van der Waals surface area contributed by atoms with Crippen LogP contribution in [0, 0.1) is 37.4 Å². The summed E-state index contributed by atoms with van der Waals surface area (Å²) in [5.74, 6) is 2.06. The van der Waals surface area contributed by atoms with E-state index in [1.165, 1.54) is 18.1 Å². The fourth-order valence-electron chi connectivity index (χ4n) is 2.90. The van der Waals surface area contributed by atoms with E-state index < -0.39 is 0 Å². The van der Waals surface area contributed by atoms with Gasteiger partial charge in [0.25, 0.3) is 5.82 Å². The smallest absolute Gasteiger partial charge is 0.237 e. The molecule has 5 radical (unpaired) electrons. The molecule has 0 bridgehead atoms. The summed E-state index contributed by atoms with van der Waals surface area (Å²) >= 11 is 0. The third-order valence-electron chi connectivity index (χ3n) is 4.12. The van der Waals surface area contributed by atoms with Crippen LogP contribution in [0.2, 0.25) is 0 Å². The molecule has 1 N–H and O–H groups in total. The highest BCUT2D eigenvalue weighted by molar-refractivity contribution is 5.74. The molecule has 0 atom stereocenters. The lowest BCUT2D eigenvalue weighted by molar-refractivity contribution is -0.667. The van der Waals surface area contributed by atoms with Crippen molar-refractivity contribution in [2.24, 2.45) is 0 Å². The molecule has 0 unspecified atom stereocenters. The summed E-state index contributed by atoms with van der Waals surface area (Å²) in [6, 6.07) is 14.8. The number of nitrogens with one attached hydrogen (secondary N) is 1. The van der Waals surface area contributed by atoms with Crippen LogP contribution in [0.4, 0.5) is 4.39 Å². The van der Waals surface area contributed by atoms with Gasteiger partial charge in [-0.2, -0.15) is 0 Å². The molecule has 1 aromatic heterocycles. The lowest BCUT2D eigenvalue weighted by Gasteiger charge is -2.06. The molecule has 2 nitrogen and oxygen atoms in total. The van der Waals surface area contributed by atoms with E-state index in [0.717, 1.165) is 29.0 Å². The first kappa shape index (κ1) is 15.1. The maximum Gasteiger partial charge on any atom is 0.280 e. The topological polar surface area (TPSA) is 19.7 Å². The number of aromatic amines is 1. The van der Waals surface area contributed by atoms with Crippen molar-refractivity contribution >= 4 is 23.2 Å². The van der Waals surface area contributed by atoms with Crippen LogP contribution < -0.4 is 4.57 Å². The summed E-state index contributed by atoms with van der Waals surface area (Å²) in [5.41, 5.74) is 3.23. The van der Waals surface area contributed by atoms with Crippen LogP contribution in [-0.2, 0) is 6.54 Å². The molecule has 0 aliphatic heterocycles. The maximum absolute atomic E-state index is 13.0. The van der Waals surface area contributed by atoms with E-state index in [9.17, 15) is 4.39 Å². The van der Waals surface area contributed by atoms with Crippen molar-refractivity contribution < 1.29 is 8.96 Å². The summed E-state index contributed by atoms with van der Waals surface area (Å²) in [6.45, 7) is 0.806. The summed E-state index contributed by atoms with van der Waals surface area (Å²) in [7, 11) is 0. The fraction of sp³-hybridized carbons (Fsp3) is 0.0476. The second-order valence-electron chi connectivity index (χ2n) is 5.79. The quantitative estimate of drug-likeness (QED) is 0.697. The average molecular weight is 316 g/mol. The highest BCUT2D eigenvalue weighted by Crippen LogP contribution is 2.24. The Morgan fingerprint density at radius 2 is 1.67 bits per heavy atom. The average Bonchev–Trinajstić information content (AvgIpc) is 3.23. The Labute approximate surface area is 141 Å². The molecule has 3 heteroatoms. The molecule has 0 spiro atoms. The number of para-hydroxylation sites is 2.